The molecule has 5 nitrogen and oxygen atoms in total. The number of likely N-dealkylation sites (tertiary alicyclic amines) is 1. The first-order chi connectivity index (χ1) is 7.03. The van der Waals surface area contributed by atoms with Crippen molar-refractivity contribution in [3.8, 4) is 0 Å². The molecule has 0 radical (unpaired) electrons. The largest absolute Gasteiger partial charge is 0.395 e. The van der Waals surface area contributed by atoms with E-state index in [2.05, 4.69) is 9.62 Å². The first-order valence-corrected chi connectivity index (χ1v) is 7.02. The Labute approximate surface area is 91.5 Å². The number of nitrogens with one attached hydrogen (secondary N) is 1. The number of hydrogen-bond donors (Lipinski definition) is 2. The van der Waals surface area contributed by atoms with Gasteiger partial charge in [0, 0.05) is 12.6 Å². The average molecular weight is 236 g/mol. The molecule has 1 atom stereocenters. The van der Waals surface area contributed by atoms with Crippen LogP contribution >= 0.6 is 0 Å². The molecule has 1 saturated heterocycles. The molecule has 0 bridgehead atoms. The fourth-order valence-electron chi connectivity index (χ4n) is 1.88. The van der Waals surface area contributed by atoms with Gasteiger partial charge in [-0.1, -0.05) is 0 Å². The van der Waals surface area contributed by atoms with Crippen molar-refractivity contribution in [2.24, 2.45) is 0 Å². The molecule has 0 aromatic heterocycles. The van der Waals surface area contributed by atoms with Gasteiger partial charge < -0.3 is 10.0 Å². The van der Waals surface area contributed by atoms with Gasteiger partial charge in [-0.3, -0.25) is 0 Å². The highest BCUT2D eigenvalue weighted by Crippen LogP contribution is 2.07. The predicted octanol–water partition coefficient (Wildman–Crippen LogP) is -0.618. The Morgan fingerprint density at radius 3 is 2.53 bits per heavy atom. The molecule has 0 aromatic rings. The van der Waals surface area contributed by atoms with Crippen molar-refractivity contribution >= 4 is 10.0 Å². The number of sulfonamides is 1. The van der Waals surface area contributed by atoms with Crippen LogP contribution in [-0.4, -0.2) is 56.5 Å². The van der Waals surface area contributed by atoms with Crippen molar-refractivity contribution in [3.05, 3.63) is 0 Å². The van der Waals surface area contributed by atoms with Crippen molar-refractivity contribution in [3.63, 3.8) is 0 Å². The Morgan fingerprint density at radius 1 is 1.40 bits per heavy atom. The van der Waals surface area contributed by atoms with Gasteiger partial charge in [-0.2, -0.15) is 0 Å². The van der Waals surface area contributed by atoms with E-state index in [4.69, 9.17) is 5.11 Å². The van der Waals surface area contributed by atoms with Gasteiger partial charge in [0.25, 0.3) is 0 Å². The van der Waals surface area contributed by atoms with Crippen molar-refractivity contribution < 1.29 is 13.5 Å². The summed E-state index contributed by atoms with van der Waals surface area (Å²) in [5.41, 5.74) is 0. The molecule has 6 heteroatoms. The van der Waals surface area contributed by atoms with Crippen molar-refractivity contribution in [1.82, 2.24) is 9.62 Å². The van der Waals surface area contributed by atoms with E-state index in [0.29, 0.717) is 0 Å². The zero-order valence-electron chi connectivity index (χ0n) is 9.15. The van der Waals surface area contributed by atoms with E-state index in [0.717, 1.165) is 19.6 Å². The van der Waals surface area contributed by atoms with Gasteiger partial charge in [-0.25, -0.2) is 13.1 Å². The lowest BCUT2D eigenvalue weighted by Crippen LogP contribution is -2.42. The number of nitrogens with zero attached hydrogens (tertiary/aromatic N) is 1. The molecule has 1 aliphatic heterocycles. The average Bonchev–Trinajstić information content (AvgIpc) is 2.54. The molecule has 1 unspecified atom stereocenters. The highest BCUT2D eigenvalue weighted by molar-refractivity contribution is 7.89. The normalized spacial score (nSPS) is 20.7. The monoisotopic (exact) mass is 236 g/mol. The van der Waals surface area contributed by atoms with E-state index >= 15 is 0 Å². The predicted molar refractivity (Wildman–Crippen MR) is 59.1 cm³/mol. The minimum atomic E-state index is -3.30. The lowest BCUT2D eigenvalue weighted by molar-refractivity contribution is 0.308. The molecule has 0 saturated carbocycles. The molecule has 2 N–H and O–H groups in total. The topological polar surface area (TPSA) is 69.6 Å². The second-order valence-electron chi connectivity index (χ2n) is 4.07. The summed E-state index contributed by atoms with van der Waals surface area (Å²) >= 11 is 0. The molecule has 0 spiro atoms. The Hall–Kier alpha value is -0.170. The Balaban J connectivity index is 2.31. The number of aliphatic hydroxyl groups is 1. The van der Waals surface area contributed by atoms with Gasteiger partial charge in [-0.05, 0) is 32.9 Å². The molecule has 1 heterocycles. The summed E-state index contributed by atoms with van der Waals surface area (Å²) < 4.78 is 25.2. The van der Waals surface area contributed by atoms with Crippen LogP contribution in [0.5, 0.6) is 0 Å². The Bertz CT molecular complexity index is 273. The molecule has 0 aliphatic carbocycles. The minimum Gasteiger partial charge on any atom is -0.395 e. The summed E-state index contributed by atoms with van der Waals surface area (Å²) in [5.74, 6) is -0.211. The van der Waals surface area contributed by atoms with Gasteiger partial charge in [-0.15, -0.1) is 0 Å². The van der Waals surface area contributed by atoms with Crippen molar-refractivity contribution in [2.45, 2.75) is 25.8 Å². The van der Waals surface area contributed by atoms with Gasteiger partial charge in [0.2, 0.25) is 10.0 Å². The Morgan fingerprint density at radius 2 is 2.00 bits per heavy atom. The summed E-state index contributed by atoms with van der Waals surface area (Å²) in [5, 5.41) is 8.57. The SMILES string of the molecule is CC(CN1CCCC1)NS(=O)(=O)CCO. The lowest BCUT2D eigenvalue weighted by Gasteiger charge is -2.20. The number of aliphatic hydroxyl groups excluding tert-OH is 1. The van der Waals surface area contributed by atoms with Crippen molar-refractivity contribution in [2.75, 3.05) is 32.0 Å². The van der Waals surface area contributed by atoms with Crippen LogP contribution < -0.4 is 4.72 Å². The van der Waals surface area contributed by atoms with Gasteiger partial charge in [0.15, 0.2) is 0 Å². The molecule has 15 heavy (non-hydrogen) atoms. The fraction of sp³-hybridized carbons (Fsp3) is 1.00. The highest BCUT2D eigenvalue weighted by Gasteiger charge is 2.18. The van der Waals surface area contributed by atoms with Crippen LogP contribution in [0.4, 0.5) is 0 Å². The second kappa shape index (κ2) is 5.79. The van der Waals surface area contributed by atoms with E-state index in [1.165, 1.54) is 12.8 Å². The molecule has 1 rings (SSSR count). The maximum absolute atomic E-state index is 11.3. The van der Waals surface area contributed by atoms with Crippen LogP contribution in [0.1, 0.15) is 19.8 Å². The van der Waals surface area contributed by atoms with E-state index in [9.17, 15) is 8.42 Å². The van der Waals surface area contributed by atoms with Crippen LogP contribution in [0.25, 0.3) is 0 Å². The lowest BCUT2D eigenvalue weighted by atomic mass is 10.3. The van der Waals surface area contributed by atoms with Crippen LogP contribution in [0.2, 0.25) is 0 Å². The van der Waals surface area contributed by atoms with E-state index < -0.39 is 10.0 Å². The molecule has 1 fully saturated rings. The molecule has 1 aliphatic rings. The summed E-state index contributed by atoms with van der Waals surface area (Å²) in [6.45, 7) is 4.40. The Kier molecular flexibility index (Phi) is 4.98. The highest BCUT2D eigenvalue weighted by atomic mass is 32.2. The van der Waals surface area contributed by atoms with Crippen LogP contribution in [-0.2, 0) is 10.0 Å². The number of rotatable bonds is 6. The molecule has 0 amide bonds. The van der Waals surface area contributed by atoms with Gasteiger partial charge in [0.1, 0.15) is 0 Å². The van der Waals surface area contributed by atoms with Crippen LogP contribution in [0.15, 0.2) is 0 Å². The third-order valence-corrected chi connectivity index (χ3v) is 3.95. The quantitative estimate of drug-likeness (QED) is 0.645. The van der Waals surface area contributed by atoms with Crippen LogP contribution in [0, 0.1) is 0 Å². The summed E-state index contributed by atoms with van der Waals surface area (Å²) in [6.07, 6.45) is 2.41. The first kappa shape index (κ1) is 12.9. The fourth-order valence-corrected chi connectivity index (χ4v) is 2.92. The number of hydrogen-bond acceptors (Lipinski definition) is 4. The van der Waals surface area contributed by atoms with E-state index in [-0.39, 0.29) is 18.4 Å². The van der Waals surface area contributed by atoms with E-state index in [1.807, 2.05) is 6.92 Å². The smallest absolute Gasteiger partial charge is 0.214 e. The minimum absolute atomic E-state index is 0.0837. The summed E-state index contributed by atoms with van der Waals surface area (Å²) in [7, 11) is -3.30. The molecule has 90 valence electrons. The third-order valence-electron chi connectivity index (χ3n) is 2.47. The zero-order chi connectivity index (χ0) is 11.3. The van der Waals surface area contributed by atoms with E-state index in [1.54, 1.807) is 0 Å². The van der Waals surface area contributed by atoms with Crippen LogP contribution in [0.3, 0.4) is 0 Å². The summed E-state index contributed by atoms with van der Waals surface area (Å²) in [4.78, 5) is 2.26. The van der Waals surface area contributed by atoms with Crippen molar-refractivity contribution in [1.29, 1.82) is 0 Å². The third kappa shape index (κ3) is 4.92. The molecular weight excluding hydrogens is 216 g/mol. The summed E-state index contributed by atoms with van der Waals surface area (Å²) in [6, 6.07) is -0.0837. The second-order valence-corrected chi connectivity index (χ2v) is 5.94. The first-order valence-electron chi connectivity index (χ1n) is 5.37. The maximum atomic E-state index is 11.3. The zero-order valence-corrected chi connectivity index (χ0v) is 9.96. The van der Waals surface area contributed by atoms with Gasteiger partial charge in [0.05, 0.1) is 12.4 Å². The standard InChI is InChI=1S/C9H20N2O3S/c1-9(8-11-4-2-3-5-11)10-15(13,14)7-6-12/h9-10,12H,2-8H2,1H3. The molecular formula is C9H20N2O3S. The maximum Gasteiger partial charge on any atom is 0.214 e. The molecule has 0 aromatic carbocycles. The van der Waals surface area contributed by atoms with Gasteiger partial charge >= 0.3 is 0 Å².